The number of nitrogens with zero attached hydrogens (tertiary/aromatic N) is 1. The number of nitrogens with one attached hydrogen (secondary N) is 1. The summed E-state index contributed by atoms with van der Waals surface area (Å²) in [7, 11) is 0. The van der Waals surface area contributed by atoms with E-state index in [1.807, 2.05) is 56.3 Å². The van der Waals surface area contributed by atoms with Crippen molar-refractivity contribution in [3.8, 4) is 0 Å². The summed E-state index contributed by atoms with van der Waals surface area (Å²) in [6, 6.07) is 13.4. The highest BCUT2D eigenvalue weighted by Gasteiger charge is 2.29. The number of aryl methyl sites for hydroxylation is 2. The van der Waals surface area contributed by atoms with Crippen LogP contribution in [0.5, 0.6) is 0 Å². The average molecular weight is 294 g/mol. The maximum atomic E-state index is 12.4. The third-order valence-corrected chi connectivity index (χ3v) is 3.96. The molecule has 0 bridgehead atoms. The number of benzene rings is 2. The molecule has 2 aromatic carbocycles. The molecule has 0 saturated carbocycles. The van der Waals surface area contributed by atoms with Crippen molar-refractivity contribution >= 4 is 23.2 Å². The van der Waals surface area contributed by atoms with Crippen molar-refractivity contribution in [3.63, 3.8) is 0 Å². The summed E-state index contributed by atoms with van der Waals surface area (Å²) in [4.78, 5) is 26.2. The van der Waals surface area contributed by atoms with Crippen LogP contribution in [0.1, 0.15) is 16.7 Å². The fraction of sp³-hybridized carbons (Fsp3) is 0.222. The van der Waals surface area contributed by atoms with Gasteiger partial charge in [-0.1, -0.05) is 35.9 Å². The van der Waals surface area contributed by atoms with Gasteiger partial charge in [0.2, 0.25) is 0 Å². The molecule has 0 unspecified atom stereocenters. The SMILES string of the molecule is Cc1ccc(NC(=O)C(=O)N2CCc3ccccc32)c(C)c1. The average Bonchev–Trinajstić information content (AvgIpc) is 2.93. The number of amides is 2. The van der Waals surface area contributed by atoms with Crippen LogP contribution in [0, 0.1) is 13.8 Å². The Morgan fingerprint density at radius 1 is 1.09 bits per heavy atom. The molecule has 1 N–H and O–H groups in total. The lowest BCUT2D eigenvalue weighted by atomic mass is 10.1. The highest BCUT2D eigenvalue weighted by molar-refractivity contribution is 6.44. The first-order valence-electron chi connectivity index (χ1n) is 7.34. The van der Waals surface area contributed by atoms with Crippen molar-refractivity contribution in [3.05, 3.63) is 59.2 Å². The van der Waals surface area contributed by atoms with Crippen molar-refractivity contribution in [2.45, 2.75) is 20.3 Å². The van der Waals surface area contributed by atoms with Gasteiger partial charge in [0.05, 0.1) is 0 Å². The topological polar surface area (TPSA) is 49.4 Å². The Hall–Kier alpha value is -2.62. The quantitative estimate of drug-likeness (QED) is 0.822. The van der Waals surface area contributed by atoms with Crippen LogP contribution >= 0.6 is 0 Å². The molecule has 1 aliphatic rings. The first kappa shape index (κ1) is 14.3. The number of fused-ring (bicyclic) bond motifs is 1. The van der Waals surface area contributed by atoms with Gasteiger partial charge in [-0.2, -0.15) is 0 Å². The zero-order valence-corrected chi connectivity index (χ0v) is 12.7. The molecule has 4 heteroatoms. The molecule has 0 fully saturated rings. The molecule has 22 heavy (non-hydrogen) atoms. The molecular formula is C18H18N2O2. The van der Waals surface area contributed by atoms with Crippen LogP contribution < -0.4 is 10.2 Å². The fourth-order valence-electron chi connectivity index (χ4n) is 2.80. The maximum absolute atomic E-state index is 12.4. The molecule has 0 saturated heterocycles. The lowest BCUT2D eigenvalue weighted by Gasteiger charge is -2.17. The minimum absolute atomic E-state index is 0.509. The van der Waals surface area contributed by atoms with Crippen molar-refractivity contribution in [1.82, 2.24) is 0 Å². The first-order chi connectivity index (χ1) is 10.6. The van der Waals surface area contributed by atoms with Gasteiger partial charge in [-0.05, 0) is 43.5 Å². The van der Waals surface area contributed by atoms with Gasteiger partial charge in [0.15, 0.2) is 0 Å². The maximum Gasteiger partial charge on any atom is 0.316 e. The zero-order valence-electron chi connectivity index (χ0n) is 12.7. The van der Waals surface area contributed by atoms with Crippen LogP contribution in [0.3, 0.4) is 0 Å². The summed E-state index contributed by atoms with van der Waals surface area (Å²) in [5.74, 6) is -1.10. The number of hydrogen-bond acceptors (Lipinski definition) is 2. The Labute approximate surface area is 129 Å². The van der Waals surface area contributed by atoms with E-state index in [2.05, 4.69) is 5.32 Å². The smallest absolute Gasteiger partial charge is 0.316 e. The second-order valence-electron chi connectivity index (χ2n) is 5.61. The number of anilines is 2. The molecule has 2 amide bonds. The predicted octanol–water partition coefficient (Wildman–Crippen LogP) is 2.83. The molecule has 0 spiro atoms. The highest BCUT2D eigenvalue weighted by atomic mass is 16.2. The van der Waals surface area contributed by atoms with E-state index in [0.29, 0.717) is 12.2 Å². The van der Waals surface area contributed by atoms with E-state index in [9.17, 15) is 9.59 Å². The summed E-state index contributed by atoms with van der Waals surface area (Å²) >= 11 is 0. The van der Waals surface area contributed by atoms with E-state index < -0.39 is 11.8 Å². The Bertz CT molecular complexity index is 753. The Balaban J connectivity index is 1.77. The zero-order chi connectivity index (χ0) is 15.7. The number of para-hydroxylation sites is 1. The molecule has 0 aromatic heterocycles. The van der Waals surface area contributed by atoms with E-state index >= 15 is 0 Å². The lowest BCUT2D eigenvalue weighted by molar-refractivity contribution is -0.134. The van der Waals surface area contributed by atoms with Crippen LogP contribution in [-0.2, 0) is 16.0 Å². The first-order valence-corrected chi connectivity index (χ1v) is 7.34. The second-order valence-corrected chi connectivity index (χ2v) is 5.61. The van der Waals surface area contributed by atoms with Gasteiger partial charge in [-0.25, -0.2) is 0 Å². The minimum Gasteiger partial charge on any atom is -0.318 e. The number of carbonyl (C=O) groups excluding carboxylic acids is 2. The van der Waals surface area contributed by atoms with Crippen LogP contribution in [0.15, 0.2) is 42.5 Å². The summed E-state index contributed by atoms with van der Waals surface area (Å²) in [6.45, 7) is 4.46. The molecule has 2 aromatic rings. The number of hydrogen-bond donors (Lipinski definition) is 1. The van der Waals surface area contributed by atoms with Crippen LogP contribution in [0.4, 0.5) is 11.4 Å². The van der Waals surface area contributed by atoms with Gasteiger partial charge in [0, 0.05) is 17.9 Å². The standard InChI is InChI=1S/C18H18N2O2/c1-12-7-8-15(13(2)11-12)19-17(21)18(22)20-10-9-14-5-3-4-6-16(14)20/h3-8,11H,9-10H2,1-2H3,(H,19,21). The van der Waals surface area contributed by atoms with E-state index in [0.717, 1.165) is 28.8 Å². The summed E-state index contributed by atoms with van der Waals surface area (Å²) in [6.07, 6.45) is 0.790. The van der Waals surface area contributed by atoms with Gasteiger partial charge < -0.3 is 10.2 Å². The molecule has 1 aliphatic heterocycles. The van der Waals surface area contributed by atoms with Gasteiger partial charge >= 0.3 is 11.8 Å². The summed E-state index contributed by atoms with van der Waals surface area (Å²) < 4.78 is 0. The van der Waals surface area contributed by atoms with Gasteiger partial charge in [0.25, 0.3) is 0 Å². The summed E-state index contributed by atoms with van der Waals surface area (Å²) in [5, 5.41) is 2.71. The van der Waals surface area contributed by atoms with E-state index in [1.165, 1.54) is 0 Å². The Kier molecular flexibility index (Phi) is 3.67. The van der Waals surface area contributed by atoms with Crippen LogP contribution in [0.2, 0.25) is 0 Å². The lowest BCUT2D eigenvalue weighted by Crippen LogP contribution is -2.38. The van der Waals surface area contributed by atoms with Crippen LogP contribution in [0.25, 0.3) is 0 Å². The second kappa shape index (κ2) is 5.64. The van der Waals surface area contributed by atoms with Crippen molar-refractivity contribution in [2.75, 3.05) is 16.8 Å². The monoisotopic (exact) mass is 294 g/mol. The highest BCUT2D eigenvalue weighted by Crippen LogP contribution is 2.27. The molecule has 112 valence electrons. The third-order valence-electron chi connectivity index (χ3n) is 3.96. The molecule has 0 atom stereocenters. The van der Waals surface area contributed by atoms with Crippen molar-refractivity contribution in [2.24, 2.45) is 0 Å². The van der Waals surface area contributed by atoms with Gasteiger partial charge in [-0.15, -0.1) is 0 Å². The van der Waals surface area contributed by atoms with Crippen molar-refractivity contribution in [1.29, 1.82) is 0 Å². The van der Waals surface area contributed by atoms with E-state index in [-0.39, 0.29) is 0 Å². The fourth-order valence-corrected chi connectivity index (χ4v) is 2.80. The largest absolute Gasteiger partial charge is 0.318 e. The molecule has 0 aliphatic carbocycles. The molecule has 3 rings (SSSR count). The molecule has 1 heterocycles. The number of rotatable bonds is 1. The Morgan fingerprint density at radius 2 is 1.86 bits per heavy atom. The van der Waals surface area contributed by atoms with Crippen molar-refractivity contribution < 1.29 is 9.59 Å². The minimum atomic E-state index is -0.594. The summed E-state index contributed by atoms with van der Waals surface area (Å²) in [5.41, 5.74) is 4.69. The predicted molar refractivity (Wildman–Crippen MR) is 87.0 cm³/mol. The van der Waals surface area contributed by atoms with Gasteiger partial charge in [-0.3, -0.25) is 9.59 Å². The van der Waals surface area contributed by atoms with Crippen LogP contribution in [-0.4, -0.2) is 18.4 Å². The molecule has 4 nitrogen and oxygen atoms in total. The molecule has 0 radical (unpaired) electrons. The van der Waals surface area contributed by atoms with E-state index in [4.69, 9.17) is 0 Å². The van der Waals surface area contributed by atoms with E-state index in [1.54, 1.807) is 4.90 Å². The Morgan fingerprint density at radius 3 is 2.64 bits per heavy atom. The third kappa shape index (κ3) is 2.60. The molecular weight excluding hydrogens is 276 g/mol. The number of carbonyl (C=O) groups is 2. The van der Waals surface area contributed by atoms with Gasteiger partial charge in [0.1, 0.15) is 0 Å². The normalized spacial score (nSPS) is 12.9.